The average molecular weight is 429 g/mol. The third-order valence-electron chi connectivity index (χ3n) is 4.56. The zero-order valence-electron chi connectivity index (χ0n) is 14.0. The van der Waals surface area contributed by atoms with Crippen LogP contribution in [0, 0.1) is 0 Å². The summed E-state index contributed by atoms with van der Waals surface area (Å²) in [5.74, 6) is 0.373. The predicted octanol–water partition coefficient (Wildman–Crippen LogP) is 4.38. The van der Waals surface area contributed by atoms with Gasteiger partial charge in [0, 0.05) is 46.8 Å². The van der Waals surface area contributed by atoms with E-state index in [2.05, 4.69) is 43.4 Å². The molecule has 1 aliphatic heterocycles. The monoisotopic (exact) mass is 428 g/mol. The standard InChI is InChI=1S/C19H17BrN4OS/c20-15-3-1-2-14(10-15)17-12-26-18(23-17)13-4-8-24(9-5-13)19(25)16-11-21-6-7-22-16/h1-3,6-7,10-13H,4-5,8-9H2. The summed E-state index contributed by atoms with van der Waals surface area (Å²) in [5, 5.41) is 3.28. The van der Waals surface area contributed by atoms with E-state index < -0.39 is 0 Å². The van der Waals surface area contributed by atoms with Gasteiger partial charge >= 0.3 is 0 Å². The molecule has 26 heavy (non-hydrogen) atoms. The van der Waals surface area contributed by atoms with Crippen LogP contribution in [0.3, 0.4) is 0 Å². The first-order chi connectivity index (χ1) is 12.7. The van der Waals surface area contributed by atoms with E-state index in [1.807, 2.05) is 17.0 Å². The Morgan fingerprint density at radius 3 is 2.81 bits per heavy atom. The lowest BCUT2D eigenvalue weighted by Gasteiger charge is -2.30. The molecule has 132 valence electrons. The number of hydrogen-bond acceptors (Lipinski definition) is 5. The summed E-state index contributed by atoms with van der Waals surface area (Å²) in [6, 6.07) is 8.20. The molecule has 1 aliphatic rings. The molecule has 2 aromatic heterocycles. The van der Waals surface area contributed by atoms with Crippen LogP contribution in [0.15, 0.2) is 52.7 Å². The molecule has 1 saturated heterocycles. The summed E-state index contributed by atoms with van der Waals surface area (Å²) in [7, 11) is 0. The molecule has 1 amide bonds. The first-order valence-electron chi connectivity index (χ1n) is 8.47. The second-order valence-corrected chi connectivity index (χ2v) is 8.04. The number of carbonyl (C=O) groups is 1. The Balaban J connectivity index is 1.42. The van der Waals surface area contributed by atoms with Gasteiger partial charge in [-0.1, -0.05) is 28.1 Å². The normalized spacial score (nSPS) is 15.2. The van der Waals surface area contributed by atoms with Crippen LogP contribution in [0.2, 0.25) is 0 Å². The van der Waals surface area contributed by atoms with Crippen molar-refractivity contribution in [2.45, 2.75) is 18.8 Å². The van der Waals surface area contributed by atoms with E-state index in [1.54, 1.807) is 23.7 Å². The Hall–Kier alpha value is -2.12. The minimum Gasteiger partial charge on any atom is -0.337 e. The summed E-state index contributed by atoms with van der Waals surface area (Å²) in [6.07, 6.45) is 6.52. The maximum Gasteiger partial charge on any atom is 0.274 e. The highest BCUT2D eigenvalue weighted by Crippen LogP contribution is 2.33. The maximum atomic E-state index is 12.5. The fraction of sp³-hybridized carbons (Fsp3) is 0.263. The topological polar surface area (TPSA) is 59.0 Å². The van der Waals surface area contributed by atoms with Crippen molar-refractivity contribution in [2.24, 2.45) is 0 Å². The highest BCUT2D eigenvalue weighted by Gasteiger charge is 2.27. The van der Waals surface area contributed by atoms with Crippen molar-refractivity contribution >= 4 is 33.2 Å². The van der Waals surface area contributed by atoms with Crippen molar-refractivity contribution < 1.29 is 4.79 Å². The van der Waals surface area contributed by atoms with Gasteiger partial charge < -0.3 is 4.90 Å². The van der Waals surface area contributed by atoms with Gasteiger partial charge in [0.15, 0.2) is 0 Å². The van der Waals surface area contributed by atoms with E-state index in [0.29, 0.717) is 11.6 Å². The van der Waals surface area contributed by atoms with Crippen LogP contribution in [0.4, 0.5) is 0 Å². The van der Waals surface area contributed by atoms with Crippen molar-refractivity contribution in [3.63, 3.8) is 0 Å². The number of thiazole rings is 1. The molecule has 4 rings (SSSR count). The van der Waals surface area contributed by atoms with Crippen molar-refractivity contribution in [3.05, 3.63) is 63.4 Å². The molecule has 0 N–H and O–H groups in total. The Bertz CT molecular complexity index is 907. The number of rotatable bonds is 3. The van der Waals surface area contributed by atoms with Crippen molar-refractivity contribution in [3.8, 4) is 11.3 Å². The molecular formula is C19H17BrN4OS. The SMILES string of the molecule is O=C(c1cnccn1)N1CCC(c2nc(-c3cccc(Br)c3)cs2)CC1. The number of benzene rings is 1. The third-order valence-corrected chi connectivity index (χ3v) is 6.06. The van der Waals surface area contributed by atoms with Gasteiger partial charge in [-0.25, -0.2) is 9.97 Å². The lowest BCUT2D eigenvalue weighted by molar-refractivity contribution is 0.0706. The number of hydrogen-bond donors (Lipinski definition) is 0. The number of aromatic nitrogens is 3. The molecule has 0 aliphatic carbocycles. The van der Waals surface area contributed by atoms with Gasteiger partial charge in [-0.05, 0) is 25.0 Å². The fourth-order valence-corrected chi connectivity index (χ4v) is 4.56. The maximum absolute atomic E-state index is 12.5. The van der Waals surface area contributed by atoms with Gasteiger partial charge in [0.05, 0.1) is 16.9 Å². The lowest BCUT2D eigenvalue weighted by Crippen LogP contribution is -2.38. The average Bonchev–Trinajstić information content (AvgIpc) is 3.18. The van der Waals surface area contributed by atoms with Crippen LogP contribution in [0.5, 0.6) is 0 Å². The van der Waals surface area contributed by atoms with Gasteiger partial charge in [-0.3, -0.25) is 9.78 Å². The van der Waals surface area contributed by atoms with Gasteiger partial charge in [-0.15, -0.1) is 11.3 Å². The first-order valence-corrected chi connectivity index (χ1v) is 10.1. The van der Waals surface area contributed by atoms with E-state index in [0.717, 1.165) is 46.7 Å². The molecule has 1 fully saturated rings. The van der Waals surface area contributed by atoms with Crippen molar-refractivity contribution in [1.29, 1.82) is 0 Å². The van der Waals surface area contributed by atoms with E-state index in [9.17, 15) is 4.79 Å². The summed E-state index contributed by atoms with van der Waals surface area (Å²) in [5.41, 5.74) is 2.55. The highest BCUT2D eigenvalue weighted by molar-refractivity contribution is 9.10. The third kappa shape index (κ3) is 3.68. The van der Waals surface area contributed by atoms with Crippen LogP contribution in [0.25, 0.3) is 11.3 Å². The summed E-state index contributed by atoms with van der Waals surface area (Å²) in [4.78, 5) is 27.3. The molecule has 1 aromatic carbocycles. The van der Waals surface area contributed by atoms with Crippen molar-refractivity contribution in [1.82, 2.24) is 19.9 Å². The van der Waals surface area contributed by atoms with Crippen LogP contribution in [-0.2, 0) is 0 Å². The Morgan fingerprint density at radius 1 is 1.23 bits per heavy atom. The summed E-state index contributed by atoms with van der Waals surface area (Å²) in [6.45, 7) is 1.46. The Kier molecular flexibility index (Phi) is 5.08. The molecule has 3 heterocycles. The number of nitrogens with zero attached hydrogens (tertiary/aromatic N) is 4. The van der Waals surface area contributed by atoms with Gasteiger partial charge in [0.2, 0.25) is 0 Å². The molecular weight excluding hydrogens is 412 g/mol. The van der Waals surface area contributed by atoms with Crippen LogP contribution >= 0.6 is 27.3 Å². The largest absolute Gasteiger partial charge is 0.337 e. The van der Waals surface area contributed by atoms with Crippen LogP contribution in [-0.4, -0.2) is 38.8 Å². The van der Waals surface area contributed by atoms with Crippen LogP contribution < -0.4 is 0 Å². The Labute approximate surface area is 164 Å². The number of piperidine rings is 1. The Morgan fingerprint density at radius 2 is 2.08 bits per heavy atom. The number of likely N-dealkylation sites (tertiary alicyclic amines) is 1. The van der Waals surface area contributed by atoms with Crippen LogP contribution in [0.1, 0.15) is 34.3 Å². The number of halogens is 1. The highest BCUT2D eigenvalue weighted by atomic mass is 79.9. The van der Waals surface area contributed by atoms with Gasteiger partial charge in [0.25, 0.3) is 5.91 Å². The molecule has 5 nitrogen and oxygen atoms in total. The van der Waals surface area contributed by atoms with Gasteiger partial charge in [-0.2, -0.15) is 0 Å². The summed E-state index contributed by atoms with van der Waals surface area (Å²) < 4.78 is 1.06. The zero-order valence-corrected chi connectivity index (χ0v) is 16.4. The lowest BCUT2D eigenvalue weighted by atomic mass is 9.97. The quantitative estimate of drug-likeness (QED) is 0.620. The molecule has 0 radical (unpaired) electrons. The number of amides is 1. The molecule has 0 atom stereocenters. The first kappa shape index (κ1) is 17.3. The molecule has 0 saturated carbocycles. The van der Waals surface area contributed by atoms with Crippen molar-refractivity contribution in [2.75, 3.05) is 13.1 Å². The predicted molar refractivity (Wildman–Crippen MR) is 105 cm³/mol. The second-order valence-electron chi connectivity index (χ2n) is 6.24. The zero-order chi connectivity index (χ0) is 17.9. The molecule has 0 spiro atoms. The molecule has 0 bridgehead atoms. The molecule has 3 aromatic rings. The van der Waals surface area contributed by atoms with E-state index in [1.165, 1.54) is 6.20 Å². The second kappa shape index (κ2) is 7.63. The van der Waals surface area contributed by atoms with E-state index in [4.69, 9.17) is 4.98 Å². The molecule has 0 unspecified atom stereocenters. The van der Waals surface area contributed by atoms with E-state index in [-0.39, 0.29) is 5.91 Å². The minimum atomic E-state index is -0.0366. The fourth-order valence-electron chi connectivity index (χ4n) is 3.16. The number of carbonyl (C=O) groups excluding carboxylic acids is 1. The smallest absolute Gasteiger partial charge is 0.274 e. The summed E-state index contributed by atoms with van der Waals surface area (Å²) >= 11 is 5.22. The van der Waals surface area contributed by atoms with E-state index >= 15 is 0 Å². The molecule has 7 heteroatoms. The minimum absolute atomic E-state index is 0.0366. The van der Waals surface area contributed by atoms with Gasteiger partial charge in [0.1, 0.15) is 5.69 Å².